The highest BCUT2D eigenvalue weighted by Gasteiger charge is 2.19. The molecule has 32 heavy (non-hydrogen) atoms. The summed E-state index contributed by atoms with van der Waals surface area (Å²) in [5.41, 5.74) is 4.21. The number of fused-ring (bicyclic) bond motifs is 1. The number of rotatable bonds is 4. The van der Waals surface area contributed by atoms with Gasteiger partial charge in [0.05, 0.1) is 16.9 Å². The molecule has 0 spiro atoms. The number of benzene rings is 2. The summed E-state index contributed by atoms with van der Waals surface area (Å²) in [6.07, 6.45) is 6.80. The molecule has 1 saturated heterocycles. The topological polar surface area (TPSA) is 79.2 Å². The molecule has 8 nitrogen and oxygen atoms in total. The molecule has 1 amide bonds. The van der Waals surface area contributed by atoms with Crippen LogP contribution in [0, 0.1) is 6.92 Å². The molecule has 0 aliphatic carbocycles. The largest absolute Gasteiger partial charge is 0.368 e. The molecule has 2 aromatic carbocycles. The molecule has 1 fully saturated rings. The monoisotopic (exact) mass is 427 g/mol. The number of carbonyl (C=O) groups is 1. The van der Waals surface area contributed by atoms with E-state index in [0.717, 1.165) is 53.9 Å². The van der Waals surface area contributed by atoms with Crippen molar-refractivity contribution in [3.63, 3.8) is 0 Å². The molecule has 0 radical (unpaired) electrons. The number of hydrogen-bond donors (Lipinski definition) is 1. The molecule has 1 aliphatic rings. The normalized spacial score (nSPS) is 14.6. The first-order chi connectivity index (χ1) is 15.6. The molecule has 5 rings (SSSR count). The van der Waals surface area contributed by atoms with Crippen LogP contribution in [-0.2, 0) is 0 Å². The zero-order valence-corrected chi connectivity index (χ0v) is 18.2. The number of aromatic nitrogens is 4. The van der Waals surface area contributed by atoms with Crippen molar-refractivity contribution in [2.24, 2.45) is 0 Å². The number of aryl methyl sites for hydroxylation is 1. The predicted octanol–water partition coefficient (Wildman–Crippen LogP) is 3.13. The molecule has 4 aromatic rings. The van der Waals surface area contributed by atoms with Crippen molar-refractivity contribution >= 4 is 28.1 Å². The van der Waals surface area contributed by atoms with Gasteiger partial charge in [0.1, 0.15) is 12.7 Å². The number of carbonyl (C=O) groups excluding carboxylic acids is 1. The average Bonchev–Trinajstić information content (AvgIpc) is 3.35. The van der Waals surface area contributed by atoms with Crippen molar-refractivity contribution < 1.29 is 4.79 Å². The van der Waals surface area contributed by atoms with Gasteiger partial charge in [-0.05, 0) is 44.3 Å². The number of pyridine rings is 1. The van der Waals surface area contributed by atoms with Crippen molar-refractivity contribution in [1.82, 2.24) is 24.6 Å². The Bertz CT molecular complexity index is 1260. The highest BCUT2D eigenvalue weighted by atomic mass is 16.1. The zero-order chi connectivity index (χ0) is 22.1. The summed E-state index contributed by atoms with van der Waals surface area (Å²) in [6, 6.07) is 11.8. The fourth-order valence-corrected chi connectivity index (χ4v) is 4.18. The first kappa shape index (κ1) is 20.1. The van der Waals surface area contributed by atoms with Crippen LogP contribution in [0.5, 0.6) is 0 Å². The predicted molar refractivity (Wildman–Crippen MR) is 126 cm³/mol. The Hall–Kier alpha value is -3.78. The smallest absolute Gasteiger partial charge is 0.257 e. The average molecular weight is 428 g/mol. The van der Waals surface area contributed by atoms with E-state index in [1.165, 1.54) is 5.69 Å². The lowest BCUT2D eigenvalue weighted by Gasteiger charge is -2.34. The Morgan fingerprint density at radius 1 is 0.938 bits per heavy atom. The Morgan fingerprint density at radius 3 is 2.47 bits per heavy atom. The molecule has 1 aliphatic heterocycles. The van der Waals surface area contributed by atoms with Crippen LogP contribution in [-0.4, -0.2) is 63.8 Å². The molecule has 2 aromatic heterocycles. The Kier molecular flexibility index (Phi) is 5.28. The summed E-state index contributed by atoms with van der Waals surface area (Å²) >= 11 is 0. The number of nitrogens with one attached hydrogen (secondary N) is 1. The number of likely N-dealkylation sites (N-methyl/N-ethyl adjacent to an activating group) is 1. The quantitative estimate of drug-likeness (QED) is 0.539. The van der Waals surface area contributed by atoms with Crippen LogP contribution in [0.3, 0.4) is 0 Å². The summed E-state index contributed by atoms with van der Waals surface area (Å²) in [4.78, 5) is 22.4. The SMILES string of the molecule is Cc1ccc(-n2cnnc2)c(C(=O)Nc2ccc(N3CCN(C)CC3)c3ccncc23)c1. The molecule has 162 valence electrons. The van der Waals surface area contributed by atoms with Crippen LogP contribution < -0.4 is 10.2 Å². The van der Waals surface area contributed by atoms with Crippen LogP contribution in [0.2, 0.25) is 0 Å². The molecule has 0 unspecified atom stereocenters. The Balaban J connectivity index is 1.50. The van der Waals surface area contributed by atoms with Crippen LogP contribution in [0.15, 0.2) is 61.4 Å². The lowest BCUT2D eigenvalue weighted by atomic mass is 10.1. The minimum Gasteiger partial charge on any atom is -0.368 e. The van der Waals surface area contributed by atoms with Gasteiger partial charge in [-0.25, -0.2) is 0 Å². The van der Waals surface area contributed by atoms with E-state index < -0.39 is 0 Å². The van der Waals surface area contributed by atoms with Gasteiger partial charge in [-0.2, -0.15) is 0 Å². The van der Waals surface area contributed by atoms with Crippen LogP contribution in [0.25, 0.3) is 16.5 Å². The summed E-state index contributed by atoms with van der Waals surface area (Å²) in [6.45, 7) is 5.99. The molecular weight excluding hydrogens is 402 g/mol. The number of piperazine rings is 1. The Morgan fingerprint density at radius 2 is 1.69 bits per heavy atom. The van der Waals surface area contributed by atoms with Crippen molar-refractivity contribution in [3.8, 4) is 5.69 Å². The van der Waals surface area contributed by atoms with Gasteiger partial charge in [-0.3, -0.25) is 14.3 Å². The third-order valence-electron chi connectivity index (χ3n) is 5.98. The lowest BCUT2D eigenvalue weighted by molar-refractivity contribution is 0.102. The maximum atomic E-state index is 13.3. The van der Waals surface area contributed by atoms with Crippen LogP contribution >= 0.6 is 0 Å². The van der Waals surface area contributed by atoms with Gasteiger partial charge in [-0.15, -0.1) is 10.2 Å². The van der Waals surface area contributed by atoms with E-state index in [9.17, 15) is 4.79 Å². The second-order valence-corrected chi connectivity index (χ2v) is 8.19. The van der Waals surface area contributed by atoms with Crippen molar-refractivity contribution in [1.29, 1.82) is 0 Å². The Labute approximate surface area is 186 Å². The van der Waals surface area contributed by atoms with E-state index in [-0.39, 0.29) is 5.91 Å². The van der Waals surface area contributed by atoms with Gasteiger partial charge in [-0.1, -0.05) is 11.6 Å². The summed E-state index contributed by atoms with van der Waals surface area (Å²) < 4.78 is 1.74. The lowest BCUT2D eigenvalue weighted by Crippen LogP contribution is -2.44. The van der Waals surface area contributed by atoms with E-state index in [0.29, 0.717) is 5.56 Å². The van der Waals surface area contributed by atoms with E-state index in [1.54, 1.807) is 23.4 Å². The fourth-order valence-electron chi connectivity index (χ4n) is 4.18. The molecule has 0 bridgehead atoms. The first-order valence-corrected chi connectivity index (χ1v) is 10.7. The molecule has 8 heteroatoms. The van der Waals surface area contributed by atoms with Crippen LogP contribution in [0.1, 0.15) is 15.9 Å². The van der Waals surface area contributed by atoms with E-state index in [2.05, 4.69) is 43.4 Å². The van der Waals surface area contributed by atoms with Gasteiger partial charge in [0, 0.05) is 55.0 Å². The first-order valence-electron chi connectivity index (χ1n) is 10.7. The fraction of sp³-hybridized carbons (Fsp3) is 0.250. The van der Waals surface area contributed by atoms with E-state index in [1.807, 2.05) is 43.5 Å². The summed E-state index contributed by atoms with van der Waals surface area (Å²) in [5.74, 6) is -0.185. The van der Waals surface area contributed by atoms with Crippen molar-refractivity contribution in [2.75, 3.05) is 43.4 Å². The third-order valence-corrected chi connectivity index (χ3v) is 5.98. The molecule has 0 saturated carbocycles. The standard InChI is InChI=1S/C24H25N7O/c1-17-3-5-23(31-15-26-27-16-31)19(13-17)24(32)28-21-4-6-22(18-7-8-25-14-20(18)21)30-11-9-29(2)10-12-30/h3-8,13-16H,9-12H2,1-2H3,(H,28,32). The highest BCUT2D eigenvalue weighted by molar-refractivity contribution is 6.12. The third kappa shape index (κ3) is 3.80. The maximum absolute atomic E-state index is 13.3. The summed E-state index contributed by atoms with van der Waals surface area (Å²) in [7, 11) is 2.15. The van der Waals surface area contributed by atoms with Crippen LogP contribution in [0.4, 0.5) is 11.4 Å². The van der Waals surface area contributed by atoms with Crippen molar-refractivity contribution in [3.05, 3.63) is 72.6 Å². The second-order valence-electron chi connectivity index (χ2n) is 8.19. The number of hydrogen-bond acceptors (Lipinski definition) is 6. The summed E-state index contributed by atoms with van der Waals surface area (Å²) in [5, 5.41) is 12.9. The minimum atomic E-state index is -0.185. The second kappa shape index (κ2) is 8.39. The highest BCUT2D eigenvalue weighted by Crippen LogP contribution is 2.33. The van der Waals surface area contributed by atoms with Gasteiger partial charge >= 0.3 is 0 Å². The van der Waals surface area contributed by atoms with Gasteiger partial charge in [0.15, 0.2) is 0 Å². The van der Waals surface area contributed by atoms with E-state index >= 15 is 0 Å². The van der Waals surface area contributed by atoms with Gasteiger partial charge in [0.25, 0.3) is 5.91 Å². The van der Waals surface area contributed by atoms with E-state index in [4.69, 9.17) is 0 Å². The number of anilines is 2. The van der Waals surface area contributed by atoms with Gasteiger partial charge < -0.3 is 15.1 Å². The molecule has 1 N–H and O–H groups in total. The number of amides is 1. The molecule has 0 atom stereocenters. The minimum absolute atomic E-state index is 0.185. The maximum Gasteiger partial charge on any atom is 0.257 e. The molecule has 3 heterocycles. The number of nitrogens with zero attached hydrogens (tertiary/aromatic N) is 6. The zero-order valence-electron chi connectivity index (χ0n) is 18.2. The van der Waals surface area contributed by atoms with Gasteiger partial charge in [0.2, 0.25) is 0 Å². The molecular formula is C24H25N7O. The van der Waals surface area contributed by atoms with Crippen molar-refractivity contribution in [2.45, 2.75) is 6.92 Å².